The highest BCUT2D eigenvalue weighted by atomic mass is 127. The molecule has 0 unspecified atom stereocenters. The zero-order valence-corrected chi connectivity index (χ0v) is 14.2. The summed E-state index contributed by atoms with van der Waals surface area (Å²) in [4.78, 5) is 9.12. The topological polar surface area (TPSA) is 58.0 Å². The second-order valence-electron chi connectivity index (χ2n) is 4.32. The molecule has 106 valence electrons. The standard InChI is InChI=1S/C14H15ClIN3O/c1-3-4-10-12(16)14(17-2)19-13(18-10)8-5-6-11(20)9(15)7-8/h5-7,20H,3-4H2,1-2H3,(H,17,18,19). The Hall–Kier alpha value is -1.08. The summed E-state index contributed by atoms with van der Waals surface area (Å²) in [6.07, 6.45) is 1.92. The molecular weight excluding hydrogens is 389 g/mol. The van der Waals surface area contributed by atoms with E-state index in [4.69, 9.17) is 11.6 Å². The lowest BCUT2D eigenvalue weighted by molar-refractivity contribution is 0.475. The Morgan fingerprint density at radius 2 is 2.10 bits per heavy atom. The molecule has 4 nitrogen and oxygen atoms in total. The molecule has 20 heavy (non-hydrogen) atoms. The van der Waals surface area contributed by atoms with E-state index in [9.17, 15) is 5.11 Å². The van der Waals surface area contributed by atoms with Crippen molar-refractivity contribution in [3.8, 4) is 17.1 Å². The third kappa shape index (κ3) is 3.15. The number of halogens is 2. The van der Waals surface area contributed by atoms with Crippen LogP contribution in [0.5, 0.6) is 5.75 Å². The van der Waals surface area contributed by atoms with Crippen molar-refractivity contribution < 1.29 is 5.11 Å². The predicted octanol–water partition coefficient (Wildman–Crippen LogP) is 4.10. The zero-order valence-electron chi connectivity index (χ0n) is 11.2. The summed E-state index contributed by atoms with van der Waals surface area (Å²) in [5.41, 5.74) is 1.81. The van der Waals surface area contributed by atoms with E-state index in [1.54, 1.807) is 18.2 Å². The Morgan fingerprint density at radius 1 is 1.35 bits per heavy atom. The minimum absolute atomic E-state index is 0.0588. The van der Waals surface area contributed by atoms with E-state index in [0.717, 1.165) is 33.5 Å². The molecule has 0 amide bonds. The number of phenols is 1. The summed E-state index contributed by atoms with van der Waals surface area (Å²) < 4.78 is 1.04. The largest absolute Gasteiger partial charge is 0.506 e. The molecule has 2 aromatic rings. The highest BCUT2D eigenvalue weighted by Gasteiger charge is 2.13. The van der Waals surface area contributed by atoms with Crippen molar-refractivity contribution in [3.63, 3.8) is 0 Å². The van der Waals surface area contributed by atoms with Crippen LogP contribution in [0.15, 0.2) is 18.2 Å². The first-order valence-corrected chi connectivity index (χ1v) is 7.75. The number of aryl methyl sites for hydroxylation is 1. The minimum atomic E-state index is 0.0588. The molecule has 0 bridgehead atoms. The van der Waals surface area contributed by atoms with E-state index in [1.807, 2.05) is 7.05 Å². The molecule has 0 spiro atoms. The number of phenolic OH excluding ortho intramolecular Hbond substituents is 1. The quantitative estimate of drug-likeness (QED) is 0.755. The smallest absolute Gasteiger partial charge is 0.161 e. The van der Waals surface area contributed by atoms with E-state index in [2.05, 4.69) is 44.8 Å². The Morgan fingerprint density at radius 3 is 2.70 bits per heavy atom. The minimum Gasteiger partial charge on any atom is -0.506 e. The van der Waals surface area contributed by atoms with Crippen molar-refractivity contribution in [1.82, 2.24) is 9.97 Å². The van der Waals surface area contributed by atoms with Crippen LogP contribution in [0.4, 0.5) is 5.82 Å². The van der Waals surface area contributed by atoms with E-state index in [1.165, 1.54) is 0 Å². The molecule has 0 saturated carbocycles. The van der Waals surface area contributed by atoms with Crippen LogP contribution in [-0.4, -0.2) is 22.1 Å². The van der Waals surface area contributed by atoms with Gasteiger partial charge in [-0.05, 0) is 47.2 Å². The van der Waals surface area contributed by atoms with Crippen LogP contribution in [0.1, 0.15) is 19.0 Å². The first kappa shape index (κ1) is 15.3. The SMILES string of the molecule is CCCc1nc(-c2ccc(O)c(Cl)c2)nc(NC)c1I. The fourth-order valence-electron chi connectivity index (χ4n) is 1.84. The van der Waals surface area contributed by atoms with Crippen LogP contribution >= 0.6 is 34.2 Å². The molecule has 0 aliphatic carbocycles. The van der Waals surface area contributed by atoms with Crippen molar-refractivity contribution in [2.24, 2.45) is 0 Å². The number of nitrogens with one attached hydrogen (secondary N) is 1. The van der Waals surface area contributed by atoms with Gasteiger partial charge in [-0.25, -0.2) is 9.97 Å². The van der Waals surface area contributed by atoms with Crippen LogP contribution in [0.3, 0.4) is 0 Å². The number of hydrogen-bond donors (Lipinski definition) is 2. The molecular formula is C14H15ClIN3O. The highest BCUT2D eigenvalue weighted by Crippen LogP contribution is 2.30. The monoisotopic (exact) mass is 403 g/mol. The van der Waals surface area contributed by atoms with Gasteiger partial charge in [-0.15, -0.1) is 0 Å². The van der Waals surface area contributed by atoms with E-state index >= 15 is 0 Å². The number of rotatable bonds is 4. The fraction of sp³-hybridized carbons (Fsp3) is 0.286. The summed E-state index contributed by atoms with van der Waals surface area (Å²) in [5, 5.41) is 12.9. The van der Waals surface area contributed by atoms with Crippen molar-refractivity contribution in [2.45, 2.75) is 19.8 Å². The highest BCUT2D eigenvalue weighted by molar-refractivity contribution is 14.1. The number of anilines is 1. The molecule has 2 rings (SSSR count). The summed E-state index contributed by atoms with van der Waals surface area (Å²) in [5.74, 6) is 1.48. The van der Waals surface area contributed by atoms with Crippen molar-refractivity contribution in [2.75, 3.05) is 12.4 Å². The van der Waals surface area contributed by atoms with Crippen molar-refractivity contribution >= 4 is 40.0 Å². The number of hydrogen-bond acceptors (Lipinski definition) is 4. The first-order valence-electron chi connectivity index (χ1n) is 6.29. The van der Waals surface area contributed by atoms with E-state index in [-0.39, 0.29) is 5.75 Å². The van der Waals surface area contributed by atoms with Crippen LogP contribution in [0.2, 0.25) is 5.02 Å². The van der Waals surface area contributed by atoms with Gasteiger partial charge >= 0.3 is 0 Å². The van der Waals surface area contributed by atoms with Gasteiger partial charge < -0.3 is 10.4 Å². The average molecular weight is 404 g/mol. The fourth-order valence-corrected chi connectivity index (χ4v) is 2.80. The van der Waals surface area contributed by atoms with Crippen molar-refractivity contribution in [1.29, 1.82) is 0 Å². The molecule has 1 aromatic heterocycles. The molecule has 6 heteroatoms. The van der Waals surface area contributed by atoms with E-state index in [0.29, 0.717) is 10.8 Å². The van der Waals surface area contributed by atoms with Gasteiger partial charge in [-0.3, -0.25) is 0 Å². The van der Waals surface area contributed by atoms with E-state index < -0.39 is 0 Å². The second-order valence-corrected chi connectivity index (χ2v) is 5.81. The average Bonchev–Trinajstić information content (AvgIpc) is 2.44. The third-order valence-electron chi connectivity index (χ3n) is 2.85. The molecule has 2 N–H and O–H groups in total. The molecule has 0 aliphatic heterocycles. The Balaban J connectivity index is 2.55. The molecule has 1 aromatic carbocycles. The van der Waals surface area contributed by atoms with Gasteiger partial charge in [-0.1, -0.05) is 24.9 Å². The summed E-state index contributed by atoms with van der Waals surface area (Å²) in [7, 11) is 1.84. The lowest BCUT2D eigenvalue weighted by atomic mass is 10.2. The summed E-state index contributed by atoms with van der Waals surface area (Å²) >= 11 is 8.21. The van der Waals surface area contributed by atoms with Gasteiger partial charge in [0.2, 0.25) is 0 Å². The van der Waals surface area contributed by atoms with Crippen LogP contribution in [0.25, 0.3) is 11.4 Å². The maximum atomic E-state index is 9.49. The van der Waals surface area contributed by atoms with Gasteiger partial charge in [0.05, 0.1) is 14.3 Å². The number of aromatic hydroxyl groups is 1. The Kier molecular flexibility index (Phi) is 5.04. The molecule has 0 saturated heterocycles. The first-order chi connectivity index (χ1) is 9.56. The number of aromatic nitrogens is 2. The molecule has 0 radical (unpaired) electrons. The Bertz CT molecular complexity index is 634. The van der Waals surface area contributed by atoms with Crippen LogP contribution in [-0.2, 0) is 6.42 Å². The van der Waals surface area contributed by atoms with Gasteiger partial charge in [0.15, 0.2) is 5.82 Å². The third-order valence-corrected chi connectivity index (χ3v) is 4.29. The molecule has 0 atom stereocenters. The van der Waals surface area contributed by atoms with Crippen LogP contribution in [0, 0.1) is 3.57 Å². The van der Waals surface area contributed by atoms with Crippen molar-refractivity contribution in [3.05, 3.63) is 32.5 Å². The lowest BCUT2D eigenvalue weighted by Crippen LogP contribution is -2.05. The van der Waals surface area contributed by atoms with Gasteiger partial charge in [0.25, 0.3) is 0 Å². The van der Waals surface area contributed by atoms with Gasteiger partial charge in [-0.2, -0.15) is 0 Å². The number of nitrogens with zero attached hydrogens (tertiary/aromatic N) is 2. The number of benzene rings is 1. The molecule has 0 fully saturated rings. The predicted molar refractivity (Wildman–Crippen MR) is 90.4 cm³/mol. The zero-order chi connectivity index (χ0) is 14.7. The summed E-state index contributed by atoms with van der Waals surface area (Å²) in [6, 6.07) is 4.99. The van der Waals surface area contributed by atoms with Gasteiger partial charge in [0, 0.05) is 12.6 Å². The maximum Gasteiger partial charge on any atom is 0.161 e. The molecule has 1 heterocycles. The maximum absolute atomic E-state index is 9.49. The van der Waals surface area contributed by atoms with Crippen LogP contribution < -0.4 is 5.32 Å². The second kappa shape index (κ2) is 6.58. The lowest BCUT2D eigenvalue weighted by Gasteiger charge is -2.11. The molecule has 0 aliphatic rings. The normalized spacial score (nSPS) is 10.6. The Labute approximate surface area is 136 Å². The van der Waals surface area contributed by atoms with Gasteiger partial charge in [0.1, 0.15) is 11.6 Å². The summed E-state index contributed by atoms with van der Waals surface area (Å²) in [6.45, 7) is 2.12.